The smallest absolute Gasteiger partial charge is 0.394 e. The van der Waals surface area contributed by atoms with E-state index >= 15 is 4.11 Å². The molecular weight excluding hydrogens is 696 g/mol. The second kappa shape index (κ2) is 13.1. The lowest BCUT2D eigenvalue weighted by atomic mass is 9.42. The summed E-state index contributed by atoms with van der Waals surface area (Å²) in [6.07, 6.45) is 1.05. The van der Waals surface area contributed by atoms with Crippen LogP contribution in [0.3, 0.4) is 0 Å². The molecule has 2 N–H and O–H groups in total. The lowest BCUT2D eigenvalue weighted by Gasteiger charge is -2.67. The molecule has 2 aromatic heterocycles. The Kier molecular flexibility index (Phi) is 9.63. The first-order valence-corrected chi connectivity index (χ1v) is 20.1. The van der Waals surface area contributed by atoms with Gasteiger partial charge in [-0.25, -0.2) is 9.59 Å². The van der Waals surface area contributed by atoms with Crippen molar-refractivity contribution in [1.82, 2.24) is 4.98 Å². The lowest BCUT2D eigenvalue weighted by Crippen LogP contribution is -2.72. The predicted molar refractivity (Wildman–Crippen MR) is 198 cm³/mol. The molecule has 10 nitrogen and oxygen atoms in total. The first-order chi connectivity index (χ1) is 24.6. The molecule has 0 saturated heterocycles. The quantitative estimate of drug-likeness (QED) is 0.145. The number of fused-ring (bicyclic) bond motifs is 4. The van der Waals surface area contributed by atoms with Gasteiger partial charge < -0.3 is 28.5 Å². The number of rotatable bonds is 6. The summed E-state index contributed by atoms with van der Waals surface area (Å²) in [5, 5.41) is 31.5. The molecule has 284 valence electrons. The van der Waals surface area contributed by atoms with Crippen LogP contribution >= 0.6 is 0 Å². The Bertz CT molecular complexity index is 1950. The van der Waals surface area contributed by atoms with Crippen LogP contribution in [0.25, 0.3) is 11.3 Å². The van der Waals surface area contributed by atoms with E-state index in [9.17, 15) is 25.1 Å². The van der Waals surface area contributed by atoms with Gasteiger partial charge in [0.15, 0.2) is 0 Å². The maximum absolute atomic E-state index is 17.5. The van der Waals surface area contributed by atoms with Gasteiger partial charge in [0.25, 0.3) is 0 Å². The molecule has 2 saturated carbocycles. The van der Waals surface area contributed by atoms with Gasteiger partial charge in [0.05, 0.1) is 36.0 Å². The number of hydrogen-bond acceptors (Lipinski definition) is 10. The molecule has 1 aromatic carbocycles. The fourth-order valence-electron chi connectivity index (χ4n) is 9.95. The van der Waals surface area contributed by atoms with Crippen LogP contribution in [0.2, 0.25) is 10.1 Å². The summed E-state index contributed by atoms with van der Waals surface area (Å²) in [7, 11) is -4.02. The summed E-state index contributed by atoms with van der Waals surface area (Å²) >= 11 is 0. The number of esters is 1. The fraction of sp³-hybridized carbons (Fsp3) is 0.561. The normalized spacial score (nSPS) is 31.3. The summed E-state index contributed by atoms with van der Waals surface area (Å²) in [6, 6.07) is 13.1. The second-order valence-electron chi connectivity index (χ2n) is 17.9. The topological polar surface area (TPSA) is 152 Å². The van der Waals surface area contributed by atoms with Gasteiger partial charge >= 0.3 is 20.2 Å². The molecule has 8 atom stereocenters. The Morgan fingerprint density at radius 2 is 1.75 bits per heavy atom. The number of aliphatic hydroxyl groups excluding tert-OH is 2. The van der Waals surface area contributed by atoms with E-state index in [0.717, 1.165) is 0 Å². The van der Waals surface area contributed by atoms with Crippen molar-refractivity contribution in [2.24, 2.45) is 22.7 Å². The van der Waals surface area contributed by atoms with Gasteiger partial charge in [-0.05, 0) is 73.9 Å². The number of hydrogen-bond donors (Lipinski definition) is 2. The van der Waals surface area contributed by atoms with E-state index in [4.69, 9.17) is 18.3 Å². The van der Waals surface area contributed by atoms with Crippen LogP contribution in [0.4, 0.5) is 4.11 Å². The molecule has 6 rings (SSSR count). The molecule has 0 spiro atoms. The van der Waals surface area contributed by atoms with Crippen molar-refractivity contribution < 1.29 is 37.4 Å². The average molecular weight is 747 g/mol. The summed E-state index contributed by atoms with van der Waals surface area (Å²) in [5.74, 6) is -1.69. The van der Waals surface area contributed by atoms with Gasteiger partial charge in [0.2, 0.25) is 0 Å². The van der Waals surface area contributed by atoms with Crippen LogP contribution in [-0.2, 0) is 9.16 Å². The summed E-state index contributed by atoms with van der Waals surface area (Å²) in [4.78, 5) is 31.8. The number of aromatic nitrogens is 1. The Balaban J connectivity index is 1.49. The number of aliphatic hydroxyl groups is 2. The average Bonchev–Trinajstić information content (AvgIpc) is 3.09. The first-order valence-electron chi connectivity index (χ1n) is 18.3. The maximum atomic E-state index is 17.5. The van der Waals surface area contributed by atoms with Crippen molar-refractivity contribution in [3.8, 4) is 23.1 Å². The Morgan fingerprint density at radius 3 is 2.32 bits per heavy atom. The van der Waals surface area contributed by atoms with E-state index in [2.05, 4.69) is 4.98 Å². The molecule has 12 heteroatoms. The SMILES string of the molecule is CC1(CO)C2C[C@H](OC(=O)c3ccc(C#N)cc3)[C@@]3(C)Oc4cc(-c5cccnc5)oc(=O)c4[C@H](O)C3[C@@]2(C)CC[C@@H]1O[Si](F)(C(C)(C)C)C(C)(C)C. The number of halogens is 1. The fourth-order valence-corrected chi connectivity index (χ4v) is 13.7. The Morgan fingerprint density at radius 1 is 1.09 bits per heavy atom. The molecule has 53 heavy (non-hydrogen) atoms. The molecule has 3 aromatic rings. The van der Waals surface area contributed by atoms with Gasteiger partial charge in [-0.1, -0.05) is 55.4 Å². The highest BCUT2D eigenvalue weighted by atomic mass is 28.4. The number of carbonyl (C=O) groups is 1. The van der Waals surface area contributed by atoms with Crippen molar-refractivity contribution in [2.75, 3.05) is 6.61 Å². The molecule has 3 aliphatic rings. The molecular formula is C41H51FN2O8Si. The summed E-state index contributed by atoms with van der Waals surface area (Å²) < 4.78 is 43.1. The van der Waals surface area contributed by atoms with Crippen molar-refractivity contribution in [3.05, 3.63) is 82.0 Å². The standard InChI is InChI=1S/C41H51FN2O8Si/c1-37(2,3)53(42,38(4,5)6)52-30-16-17-39(7)29(40(30,8)23-45)20-31(50-35(47)25-14-12-24(21-43)13-15-25)41(9)34(39)33(46)32-28(51-41)19-27(49-36(32)48)26-11-10-18-44-22-26/h10-15,18-19,22,29-31,33-34,45-46H,16-17,20,23H2,1-9H3/t29?,30-,31-,33-,34?,39-,40?,41+/m0/s1. The molecule has 1 aliphatic heterocycles. The molecule has 3 unspecified atom stereocenters. The zero-order valence-corrected chi connectivity index (χ0v) is 33.0. The van der Waals surface area contributed by atoms with Crippen LogP contribution in [0, 0.1) is 34.0 Å². The van der Waals surface area contributed by atoms with Gasteiger partial charge in [-0.3, -0.25) is 9.09 Å². The minimum absolute atomic E-state index is 0.0427. The van der Waals surface area contributed by atoms with E-state index in [1.807, 2.05) is 61.5 Å². The van der Waals surface area contributed by atoms with Gasteiger partial charge in [0.1, 0.15) is 28.8 Å². The van der Waals surface area contributed by atoms with Crippen LogP contribution in [0.15, 0.2) is 64.1 Å². The van der Waals surface area contributed by atoms with E-state index in [0.29, 0.717) is 24.0 Å². The minimum atomic E-state index is -4.02. The highest BCUT2D eigenvalue weighted by Crippen LogP contribution is 2.68. The molecule has 3 heterocycles. The van der Waals surface area contributed by atoms with Crippen molar-refractivity contribution >= 4 is 14.6 Å². The first kappa shape index (κ1) is 38.8. The number of benzene rings is 1. The lowest BCUT2D eigenvalue weighted by molar-refractivity contribution is -0.263. The largest absolute Gasteiger partial charge is 0.482 e. The summed E-state index contributed by atoms with van der Waals surface area (Å²) in [5.41, 5.74) is -2.93. The number of nitriles is 1. The van der Waals surface area contributed by atoms with E-state index in [-0.39, 0.29) is 35.7 Å². The number of nitrogens with zero attached hydrogens (tertiary/aromatic N) is 2. The zero-order chi connectivity index (χ0) is 38.9. The highest BCUT2D eigenvalue weighted by Gasteiger charge is 2.71. The van der Waals surface area contributed by atoms with Crippen LogP contribution in [0.1, 0.15) is 109 Å². The summed E-state index contributed by atoms with van der Waals surface area (Å²) in [6.45, 7) is 16.5. The molecule has 0 amide bonds. The van der Waals surface area contributed by atoms with E-state index < -0.39 is 76.9 Å². The van der Waals surface area contributed by atoms with Crippen LogP contribution in [0.5, 0.6) is 5.75 Å². The number of pyridine rings is 1. The van der Waals surface area contributed by atoms with Gasteiger partial charge in [-0.2, -0.15) is 5.26 Å². The number of carbonyl (C=O) groups excluding carboxylic acids is 1. The van der Waals surface area contributed by atoms with Gasteiger partial charge in [0, 0.05) is 45.4 Å². The molecule has 2 fully saturated rings. The molecule has 0 radical (unpaired) electrons. The van der Waals surface area contributed by atoms with Crippen molar-refractivity contribution in [2.45, 2.75) is 116 Å². The Hall–Kier alpha value is -3.89. The predicted octanol–water partition coefficient (Wildman–Crippen LogP) is 7.82. The third-order valence-electron chi connectivity index (χ3n) is 12.6. The molecule has 2 aliphatic carbocycles. The van der Waals surface area contributed by atoms with Crippen LogP contribution < -0.4 is 10.4 Å². The third-order valence-corrected chi connectivity index (χ3v) is 17.1. The van der Waals surface area contributed by atoms with Crippen molar-refractivity contribution in [3.63, 3.8) is 0 Å². The minimum Gasteiger partial charge on any atom is -0.482 e. The monoisotopic (exact) mass is 746 g/mol. The highest BCUT2D eigenvalue weighted by molar-refractivity contribution is 6.72. The number of ether oxygens (including phenoxy) is 2. The van der Waals surface area contributed by atoms with E-state index in [1.54, 1.807) is 37.5 Å². The molecule has 0 bridgehead atoms. The second-order valence-corrected chi connectivity index (χ2v) is 22.3. The van der Waals surface area contributed by atoms with Crippen molar-refractivity contribution in [1.29, 1.82) is 5.26 Å². The van der Waals surface area contributed by atoms with Crippen LogP contribution in [-0.4, -0.2) is 54.2 Å². The van der Waals surface area contributed by atoms with E-state index in [1.165, 1.54) is 24.3 Å². The van der Waals surface area contributed by atoms with Gasteiger partial charge in [-0.15, -0.1) is 0 Å². The zero-order valence-electron chi connectivity index (χ0n) is 32.0. The Labute approximate surface area is 311 Å². The third kappa shape index (κ3) is 6.14. The maximum Gasteiger partial charge on any atom is 0.394 e.